The number of carbonyl (C=O) groups excluding carboxylic acids is 1. The maximum atomic E-state index is 15.6. The minimum Gasteiger partial charge on any atom is -0.457 e. The summed E-state index contributed by atoms with van der Waals surface area (Å²) < 4.78 is 28.8. The van der Waals surface area contributed by atoms with Crippen molar-refractivity contribution in [2.24, 2.45) is 0 Å². The number of likely N-dealkylation sites (tertiary alicyclic amines) is 1. The molecule has 7 rings (SSSR count). The van der Waals surface area contributed by atoms with E-state index in [2.05, 4.69) is 34.8 Å². The van der Waals surface area contributed by atoms with Crippen LogP contribution < -0.4 is 10.5 Å². The predicted molar refractivity (Wildman–Crippen MR) is 174 cm³/mol. The molecule has 0 radical (unpaired) electrons. The number of ether oxygens (including phenoxy) is 2. The van der Waals surface area contributed by atoms with Gasteiger partial charge in [0.25, 0.3) is 0 Å². The van der Waals surface area contributed by atoms with Crippen molar-refractivity contribution >= 4 is 22.8 Å². The second-order valence-corrected chi connectivity index (χ2v) is 13.2. The third-order valence-electron chi connectivity index (χ3n) is 9.25. The molecule has 1 aliphatic carbocycles. The molecule has 2 N–H and O–H groups in total. The Morgan fingerprint density at radius 2 is 1.87 bits per heavy atom. The topological polar surface area (TPSA) is 112 Å². The lowest BCUT2D eigenvalue weighted by molar-refractivity contribution is -0.128. The van der Waals surface area contributed by atoms with Crippen molar-refractivity contribution in [2.45, 2.75) is 70.1 Å². The summed E-state index contributed by atoms with van der Waals surface area (Å²) in [6.45, 7) is 8.92. The quantitative estimate of drug-likeness (QED) is 0.234. The molecule has 0 unspecified atom stereocenters. The van der Waals surface area contributed by atoms with Crippen LogP contribution in [0.25, 0.3) is 22.3 Å². The number of hydrogen-bond donors (Lipinski definition) is 1. The number of nitrogens with two attached hydrogens (primary N) is 1. The van der Waals surface area contributed by atoms with E-state index in [-0.39, 0.29) is 28.9 Å². The van der Waals surface area contributed by atoms with Gasteiger partial charge in [-0.25, -0.2) is 19.0 Å². The van der Waals surface area contributed by atoms with Gasteiger partial charge in [-0.2, -0.15) is 5.10 Å². The molecule has 3 aliphatic rings. The zero-order chi connectivity index (χ0) is 32.0. The Balaban J connectivity index is 1.14. The van der Waals surface area contributed by atoms with Gasteiger partial charge in [-0.1, -0.05) is 24.3 Å². The van der Waals surface area contributed by atoms with E-state index in [0.29, 0.717) is 53.4 Å². The van der Waals surface area contributed by atoms with E-state index in [9.17, 15) is 4.79 Å². The highest BCUT2D eigenvalue weighted by atomic mass is 19.1. The van der Waals surface area contributed by atoms with Crippen molar-refractivity contribution in [3.05, 3.63) is 72.3 Å². The number of fused-ring (bicyclic) bond motifs is 1. The molecule has 2 aromatic heterocycles. The molecule has 1 saturated carbocycles. The minimum absolute atomic E-state index is 0.0178. The molecule has 10 nitrogen and oxygen atoms in total. The molecule has 240 valence electrons. The van der Waals surface area contributed by atoms with Crippen LogP contribution in [0.3, 0.4) is 0 Å². The largest absolute Gasteiger partial charge is 0.457 e. The van der Waals surface area contributed by atoms with E-state index in [1.54, 1.807) is 16.8 Å². The first-order valence-corrected chi connectivity index (χ1v) is 16.1. The van der Waals surface area contributed by atoms with Crippen LogP contribution in [0.1, 0.15) is 52.5 Å². The molecule has 1 amide bonds. The minimum atomic E-state index is -0.499. The standard InChI is InChI=1S/C35H40FN7O3/c1-22(17-35(2,3)42(23-11-12-23)25-19-45-20-25)34(44)41-15-7-8-24(18-41)43-33-30(32(37)38-21-39-33)31(40-43)28-14-13-27(16-29(28)36)46-26-9-5-4-6-10-26/h4-6,9-10,13-14,16-17,21,23-25H,7-8,11-12,15,18-20H2,1-3H3,(H2,37,38,39)/t24-/m0/s1. The molecule has 2 aromatic carbocycles. The van der Waals surface area contributed by atoms with E-state index in [1.807, 2.05) is 42.2 Å². The average molecular weight is 626 g/mol. The van der Waals surface area contributed by atoms with E-state index in [4.69, 9.17) is 20.3 Å². The number of nitrogen functional groups attached to an aromatic ring is 1. The second-order valence-electron chi connectivity index (χ2n) is 13.2. The number of rotatable bonds is 9. The molecule has 46 heavy (non-hydrogen) atoms. The van der Waals surface area contributed by atoms with Gasteiger partial charge >= 0.3 is 0 Å². The Kier molecular flexibility index (Phi) is 7.98. The fourth-order valence-electron chi connectivity index (χ4n) is 7.04. The van der Waals surface area contributed by atoms with Gasteiger partial charge in [-0.3, -0.25) is 9.69 Å². The number of aromatic nitrogens is 4. The number of nitrogens with zero attached hydrogens (tertiary/aromatic N) is 6. The van der Waals surface area contributed by atoms with Gasteiger partial charge in [-0.05, 0) is 70.7 Å². The molecule has 11 heteroatoms. The van der Waals surface area contributed by atoms with Crippen molar-refractivity contribution in [3.63, 3.8) is 0 Å². The summed E-state index contributed by atoms with van der Waals surface area (Å²) in [5.74, 6) is 0.720. The number of piperidine rings is 1. The van der Waals surface area contributed by atoms with Gasteiger partial charge < -0.3 is 20.1 Å². The molecule has 0 bridgehead atoms. The first-order chi connectivity index (χ1) is 22.2. The number of amides is 1. The fraction of sp³-hybridized carbons (Fsp3) is 0.429. The third-order valence-corrected chi connectivity index (χ3v) is 9.25. The molecular weight excluding hydrogens is 585 g/mol. The highest BCUT2D eigenvalue weighted by molar-refractivity contribution is 5.98. The number of carbonyl (C=O) groups is 1. The normalized spacial score (nSPS) is 19.5. The summed E-state index contributed by atoms with van der Waals surface area (Å²) in [6, 6.07) is 14.7. The predicted octanol–water partition coefficient (Wildman–Crippen LogP) is 5.76. The van der Waals surface area contributed by atoms with Crippen LogP contribution in [-0.4, -0.2) is 79.4 Å². The smallest absolute Gasteiger partial charge is 0.249 e. The lowest BCUT2D eigenvalue weighted by atomic mass is 9.95. The van der Waals surface area contributed by atoms with Crippen molar-refractivity contribution in [1.82, 2.24) is 29.5 Å². The molecule has 3 fully saturated rings. The Hall–Kier alpha value is -4.35. The van der Waals surface area contributed by atoms with Crippen LogP contribution >= 0.6 is 0 Å². The summed E-state index contributed by atoms with van der Waals surface area (Å²) in [5.41, 5.74) is 7.95. The molecule has 4 heterocycles. The van der Waals surface area contributed by atoms with Crippen molar-refractivity contribution in [3.8, 4) is 22.8 Å². The van der Waals surface area contributed by atoms with E-state index in [1.165, 1.54) is 25.2 Å². The van der Waals surface area contributed by atoms with Gasteiger partial charge in [0.05, 0.1) is 30.7 Å². The third kappa shape index (κ3) is 5.85. The van der Waals surface area contributed by atoms with Crippen LogP contribution in [0.5, 0.6) is 11.5 Å². The Labute approximate surface area is 268 Å². The maximum Gasteiger partial charge on any atom is 0.249 e. The van der Waals surface area contributed by atoms with E-state index < -0.39 is 5.82 Å². The highest BCUT2D eigenvalue weighted by Crippen LogP contribution is 2.39. The van der Waals surface area contributed by atoms with E-state index >= 15 is 4.39 Å². The first-order valence-electron chi connectivity index (χ1n) is 16.1. The Bertz CT molecular complexity index is 1780. The highest BCUT2D eigenvalue weighted by Gasteiger charge is 2.44. The van der Waals surface area contributed by atoms with Crippen LogP contribution in [0.4, 0.5) is 10.2 Å². The zero-order valence-electron chi connectivity index (χ0n) is 26.5. The lowest BCUT2D eigenvalue weighted by Gasteiger charge is -2.46. The molecule has 2 aliphatic heterocycles. The summed E-state index contributed by atoms with van der Waals surface area (Å²) in [4.78, 5) is 27.0. The van der Waals surface area contributed by atoms with Crippen LogP contribution in [0.15, 0.2) is 66.5 Å². The first kappa shape index (κ1) is 30.3. The van der Waals surface area contributed by atoms with Gasteiger partial charge in [0.1, 0.15) is 35.2 Å². The van der Waals surface area contributed by atoms with Crippen LogP contribution in [-0.2, 0) is 9.53 Å². The van der Waals surface area contributed by atoms with Crippen molar-refractivity contribution in [2.75, 3.05) is 32.0 Å². The number of halogens is 1. The zero-order valence-corrected chi connectivity index (χ0v) is 26.5. The van der Waals surface area contributed by atoms with Crippen LogP contribution in [0.2, 0.25) is 0 Å². The number of para-hydroxylation sites is 1. The van der Waals surface area contributed by atoms with Gasteiger partial charge in [0.2, 0.25) is 5.91 Å². The average Bonchev–Trinajstić information content (AvgIpc) is 3.78. The van der Waals surface area contributed by atoms with Gasteiger partial charge in [0.15, 0.2) is 5.65 Å². The fourth-order valence-corrected chi connectivity index (χ4v) is 7.04. The lowest BCUT2D eigenvalue weighted by Crippen LogP contribution is -2.58. The Morgan fingerprint density at radius 1 is 1.09 bits per heavy atom. The van der Waals surface area contributed by atoms with E-state index in [0.717, 1.165) is 31.6 Å². The second kappa shape index (κ2) is 12.1. The SMILES string of the molecule is CC(=CC(C)(C)N(C1CC1)C1COC1)C(=O)N1CCC[C@H](n2nc(-c3ccc(Oc4ccccc4)cc3F)c3c(N)ncnc32)C1. The monoisotopic (exact) mass is 625 g/mol. The summed E-state index contributed by atoms with van der Waals surface area (Å²) in [7, 11) is 0. The maximum absolute atomic E-state index is 15.6. The van der Waals surface area contributed by atoms with Gasteiger partial charge in [0, 0.05) is 41.9 Å². The number of benzene rings is 2. The number of hydrogen-bond acceptors (Lipinski definition) is 8. The molecule has 2 saturated heterocycles. The van der Waals surface area contributed by atoms with Crippen molar-refractivity contribution < 1.29 is 18.7 Å². The number of anilines is 1. The summed E-state index contributed by atoms with van der Waals surface area (Å²) >= 11 is 0. The van der Waals surface area contributed by atoms with Crippen molar-refractivity contribution in [1.29, 1.82) is 0 Å². The van der Waals surface area contributed by atoms with Crippen LogP contribution in [0, 0.1) is 5.82 Å². The van der Waals surface area contributed by atoms with Gasteiger partial charge in [-0.15, -0.1) is 0 Å². The molecule has 4 aromatic rings. The molecule has 1 atom stereocenters. The molecular formula is C35H40FN7O3. The summed E-state index contributed by atoms with van der Waals surface area (Å²) in [6.07, 6.45) is 7.50. The molecule has 0 spiro atoms. The summed E-state index contributed by atoms with van der Waals surface area (Å²) in [5, 5.41) is 5.37. The Morgan fingerprint density at radius 3 is 2.57 bits per heavy atom.